The Morgan fingerprint density at radius 3 is 2.65 bits per heavy atom. The first-order chi connectivity index (χ1) is 9.60. The second kappa shape index (κ2) is 6.11. The molecule has 3 N–H and O–H groups in total. The lowest BCUT2D eigenvalue weighted by Gasteiger charge is -2.07. The van der Waals surface area contributed by atoms with E-state index in [0.717, 1.165) is 11.4 Å². The summed E-state index contributed by atoms with van der Waals surface area (Å²) in [7, 11) is 0. The number of aromatic nitrogens is 2. The van der Waals surface area contributed by atoms with Crippen LogP contribution in [0.2, 0.25) is 0 Å². The lowest BCUT2D eigenvalue weighted by atomic mass is 10.2. The van der Waals surface area contributed by atoms with Gasteiger partial charge in [0.25, 0.3) is 0 Å². The van der Waals surface area contributed by atoms with E-state index in [2.05, 4.69) is 20.8 Å². The minimum Gasteiger partial charge on any atom is -0.478 e. The molecular formula is C12H12N4O3S. The van der Waals surface area contributed by atoms with Gasteiger partial charge in [0.2, 0.25) is 5.13 Å². The monoisotopic (exact) mass is 292 g/mol. The Morgan fingerprint density at radius 1 is 1.25 bits per heavy atom. The van der Waals surface area contributed by atoms with E-state index >= 15 is 0 Å². The summed E-state index contributed by atoms with van der Waals surface area (Å²) in [4.78, 5) is 22.8. The molecular weight excluding hydrogens is 280 g/mol. The van der Waals surface area contributed by atoms with Gasteiger partial charge in [0.15, 0.2) is 0 Å². The zero-order valence-corrected chi connectivity index (χ0v) is 11.4. The number of aromatic carboxylic acids is 1. The Bertz CT molecular complexity index is 641. The zero-order chi connectivity index (χ0) is 14.5. The first kappa shape index (κ1) is 13.9. The van der Waals surface area contributed by atoms with Crippen LogP contribution in [0.3, 0.4) is 0 Å². The van der Waals surface area contributed by atoms with Gasteiger partial charge in [-0.15, -0.1) is 10.2 Å². The minimum absolute atomic E-state index is 0.0224. The van der Waals surface area contributed by atoms with Crippen molar-refractivity contribution in [2.24, 2.45) is 0 Å². The molecule has 7 nitrogen and oxygen atoms in total. The van der Waals surface area contributed by atoms with Gasteiger partial charge in [0.05, 0.1) is 11.3 Å². The number of hydrogen-bond acceptors (Lipinski definition) is 5. The molecule has 0 atom stereocenters. The van der Waals surface area contributed by atoms with Gasteiger partial charge in [-0.05, 0) is 18.6 Å². The molecule has 0 aliphatic carbocycles. The molecule has 0 aliphatic rings. The number of nitrogens with one attached hydrogen (secondary N) is 2. The molecule has 1 aromatic heterocycles. The van der Waals surface area contributed by atoms with E-state index in [1.165, 1.54) is 23.5 Å². The number of hydrogen-bond donors (Lipinski definition) is 3. The van der Waals surface area contributed by atoms with Crippen LogP contribution < -0.4 is 10.6 Å². The molecule has 2 aromatic rings. The van der Waals surface area contributed by atoms with Gasteiger partial charge in [0, 0.05) is 0 Å². The van der Waals surface area contributed by atoms with Crippen LogP contribution in [0.25, 0.3) is 0 Å². The van der Waals surface area contributed by atoms with Gasteiger partial charge in [-0.1, -0.05) is 30.4 Å². The Labute approximate surface area is 118 Å². The van der Waals surface area contributed by atoms with Gasteiger partial charge < -0.3 is 10.4 Å². The molecule has 8 heteroatoms. The van der Waals surface area contributed by atoms with Crippen LogP contribution in [-0.2, 0) is 6.42 Å². The SMILES string of the molecule is CCc1nnc(NC(=O)Nc2ccccc2C(=O)O)s1. The number of nitrogens with zero attached hydrogens (tertiary/aromatic N) is 2. The predicted molar refractivity (Wildman–Crippen MR) is 75.3 cm³/mol. The molecule has 1 aromatic carbocycles. The molecule has 0 aliphatic heterocycles. The van der Waals surface area contributed by atoms with Crippen molar-refractivity contribution < 1.29 is 14.7 Å². The van der Waals surface area contributed by atoms with E-state index in [-0.39, 0.29) is 11.3 Å². The molecule has 0 unspecified atom stereocenters. The van der Waals surface area contributed by atoms with E-state index in [1.54, 1.807) is 12.1 Å². The van der Waals surface area contributed by atoms with Crippen LogP contribution in [-0.4, -0.2) is 27.3 Å². The third-order valence-corrected chi connectivity index (χ3v) is 3.38. The number of para-hydroxylation sites is 1. The number of aryl methyl sites for hydroxylation is 1. The maximum Gasteiger partial charge on any atom is 0.337 e. The molecule has 2 rings (SSSR count). The average Bonchev–Trinajstić information content (AvgIpc) is 2.86. The molecule has 20 heavy (non-hydrogen) atoms. The number of amides is 2. The van der Waals surface area contributed by atoms with Crippen LogP contribution in [0.4, 0.5) is 15.6 Å². The number of carboxylic acid groups (broad SMARTS) is 1. The van der Waals surface area contributed by atoms with Gasteiger partial charge in [-0.3, -0.25) is 5.32 Å². The number of carboxylic acids is 1. The summed E-state index contributed by atoms with van der Waals surface area (Å²) >= 11 is 1.27. The number of benzene rings is 1. The summed E-state index contributed by atoms with van der Waals surface area (Å²) in [6, 6.07) is 5.60. The molecule has 104 valence electrons. The summed E-state index contributed by atoms with van der Waals surface area (Å²) in [5, 5.41) is 22.9. The number of carbonyl (C=O) groups is 2. The van der Waals surface area contributed by atoms with Crippen molar-refractivity contribution >= 4 is 34.2 Å². The average molecular weight is 292 g/mol. The quantitative estimate of drug-likeness (QED) is 0.802. The van der Waals surface area contributed by atoms with E-state index in [9.17, 15) is 9.59 Å². The molecule has 2 amide bonds. The zero-order valence-electron chi connectivity index (χ0n) is 10.6. The number of anilines is 2. The summed E-state index contributed by atoms with van der Waals surface area (Å²) < 4.78 is 0. The highest BCUT2D eigenvalue weighted by molar-refractivity contribution is 7.15. The number of urea groups is 1. The largest absolute Gasteiger partial charge is 0.478 e. The van der Waals surface area contributed by atoms with Crippen molar-refractivity contribution in [1.29, 1.82) is 0 Å². The second-order valence-electron chi connectivity index (χ2n) is 3.78. The van der Waals surface area contributed by atoms with Crippen molar-refractivity contribution in [1.82, 2.24) is 10.2 Å². The smallest absolute Gasteiger partial charge is 0.337 e. The predicted octanol–water partition coefficient (Wildman–Crippen LogP) is 2.44. The van der Waals surface area contributed by atoms with Crippen molar-refractivity contribution in [3.05, 3.63) is 34.8 Å². The molecule has 1 heterocycles. The summed E-state index contributed by atoms with van der Waals surface area (Å²) in [5.74, 6) is -1.11. The van der Waals surface area contributed by atoms with Crippen molar-refractivity contribution in [3.63, 3.8) is 0 Å². The highest BCUT2D eigenvalue weighted by Gasteiger charge is 2.12. The first-order valence-corrected chi connectivity index (χ1v) is 6.64. The van der Waals surface area contributed by atoms with Gasteiger partial charge in [0.1, 0.15) is 5.01 Å². The summed E-state index contributed by atoms with van der Waals surface area (Å²) in [5.41, 5.74) is 0.242. The third kappa shape index (κ3) is 3.29. The Morgan fingerprint density at radius 2 is 2.00 bits per heavy atom. The van der Waals surface area contributed by atoms with Crippen LogP contribution >= 0.6 is 11.3 Å². The van der Waals surface area contributed by atoms with Gasteiger partial charge in [-0.2, -0.15) is 0 Å². The van der Waals surface area contributed by atoms with Crippen LogP contribution in [0.5, 0.6) is 0 Å². The normalized spacial score (nSPS) is 10.1. The fourth-order valence-electron chi connectivity index (χ4n) is 1.48. The third-order valence-electron chi connectivity index (χ3n) is 2.40. The molecule has 0 fully saturated rings. The van der Waals surface area contributed by atoms with E-state index < -0.39 is 12.0 Å². The maximum atomic E-state index is 11.8. The second-order valence-corrected chi connectivity index (χ2v) is 4.85. The fourth-order valence-corrected chi connectivity index (χ4v) is 2.15. The molecule has 0 radical (unpaired) electrons. The summed E-state index contributed by atoms with van der Waals surface area (Å²) in [6.07, 6.45) is 0.739. The molecule has 0 spiro atoms. The molecule has 0 saturated heterocycles. The highest BCUT2D eigenvalue weighted by atomic mass is 32.1. The van der Waals surface area contributed by atoms with Crippen LogP contribution in [0.15, 0.2) is 24.3 Å². The fraction of sp³-hybridized carbons (Fsp3) is 0.167. The Hall–Kier alpha value is -2.48. The minimum atomic E-state index is -1.11. The standard InChI is InChI=1S/C12H12N4O3S/c1-2-9-15-16-12(20-9)14-11(19)13-8-6-4-3-5-7(8)10(17)18/h3-6H,2H2,1H3,(H,17,18)(H2,13,14,16,19). The Kier molecular flexibility index (Phi) is 4.26. The van der Waals surface area contributed by atoms with E-state index in [4.69, 9.17) is 5.11 Å². The number of carbonyl (C=O) groups excluding carboxylic acids is 1. The Balaban J connectivity index is 2.06. The van der Waals surface area contributed by atoms with Crippen molar-refractivity contribution in [2.45, 2.75) is 13.3 Å². The topological polar surface area (TPSA) is 104 Å². The summed E-state index contributed by atoms with van der Waals surface area (Å²) in [6.45, 7) is 1.94. The van der Waals surface area contributed by atoms with Gasteiger partial charge >= 0.3 is 12.0 Å². The first-order valence-electron chi connectivity index (χ1n) is 5.83. The van der Waals surface area contributed by atoms with Crippen LogP contribution in [0.1, 0.15) is 22.3 Å². The van der Waals surface area contributed by atoms with Crippen molar-refractivity contribution in [3.8, 4) is 0 Å². The van der Waals surface area contributed by atoms with E-state index in [0.29, 0.717) is 5.13 Å². The van der Waals surface area contributed by atoms with Crippen LogP contribution in [0, 0.1) is 0 Å². The van der Waals surface area contributed by atoms with Gasteiger partial charge in [-0.25, -0.2) is 9.59 Å². The highest BCUT2D eigenvalue weighted by Crippen LogP contribution is 2.18. The lowest BCUT2D eigenvalue weighted by Crippen LogP contribution is -2.20. The van der Waals surface area contributed by atoms with E-state index in [1.807, 2.05) is 6.92 Å². The molecule has 0 saturated carbocycles. The maximum absolute atomic E-state index is 11.8. The van der Waals surface area contributed by atoms with Crippen molar-refractivity contribution in [2.75, 3.05) is 10.6 Å². The molecule has 0 bridgehead atoms. The lowest BCUT2D eigenvalue weighted by molar-refractivity contribution is 0.0698. The number of rotatable bonds is 4.